The van der Waals surface area contributed by atoms with Crippen LogP contribution in [0, 0.1) is 0 Å². The lowest BCUT2D eigenvalue weighted by Crippen LogP contribution is -2.29. The average molecular weight is 1070 g/mol. The summed E-state index contributed by atoms with van der Waals surface area (Å²) in [6, 6.07) is 0. The summed E-state index contributed by atoms with van der Waals surface area (Å²) in [4.78, 5) is 0. The number of hydrogen-bond acceptors (Lipinski definition) is 24. The van der Waals surface area contributed by atoms with Gasteiger partial charge in [-0.3, -0.25) is 0 Å². The Labute approximate surface area is 394 Å². The van der Waals surface area contributed by atoms with Gasteiger partial charge in [-0.1, -0.05) is 0 Å². The molecule has 0 bridgehead atoms. The molecule has 0 spiro atoms. The molecule has 0 unspecified atom stereocenters. The molecule has 1 aliphatic heterocycles. The first-order valence-corrected chi connectivity index (χ1v) is 33.5. The Morgan fingerprint density at radius 3 is 0.203 bits per heavy atom. The standard InChI is InChI=1S/C32H96N24P8/c1-41(2)57(42(3)4)33-58(43(5)6,44(7)8)35-60(47(13)14,48(15)16)37-62(51(21)22,52(23)24)39-64(55(29)30,56(31)32)40-63(53(25)26,54(27)28)38-61(49(17)18,50(19)20)36-59(34-57,45(9)10)46(11)12/h1-32H3. The SMILES string of the molecule is CN(C)P1(N(C)C)=NP(N(C)C)(N(C)C)=NP(N(C)C)(N(C)C)=NP(N(C)C)(N(C)C)=NP(N(C)C)(N(C)C)=NP(N(C)C)(N(C)C)=NP(N(C)C)(N(C)C)=NP(N(C)C)(N(C)C)=N1. The first kappa shape index (κ1) is 63.2. The van der Waals surface area contributed by atoms with Gasteiger partial charge in [0.25, 0.3) is 0 Å². The molecule has 64 heavy (non-hydrogen) atoms. The maximum atomic E-state index is 6.22. The normalized spacial score (nSPS) is 22.2. The van der Waals surface area contributed by atoms with E-state index in [9.17, 15) is 0 Å². The fourth-order valence-corrected chi connectivity index (χ4v) is 47.1. The zero-order valence-corrected chi connectivity index (χ0v) is 53.5. The molecule has 0 aromatic heterocycles. The molecule has 1 aliphatic rings. The second kappa shape index (κ2) is 23.2. The Hall–Kier alpha value is 1.20. The quantitative estimate of drug-likeness (QED) is 0.136. The second-order valence-corrected chi connectivity index (χ2v) is 45.7. The predicted octanol–water partition coefficient (Wildman–Crippen LogP) is 8.56. The third-order valence-electron chi connectivity index (χ3n) is 10.5. The molecule has 0 radical (unpaired) electrons. The molecule has 1 heterocycles. The molecular formula is C32H96N24P8. The lowest BCUT2D eigenvalue weighted by atomic mass is 11.3. The van der Waals surface area contributed by atoms with E-state index in [4.69, 9.17) is 36.1 Å². The lowest BCUT2D eigenvalue weighted by Gasteiger charge is -2.47. The summed E-state index contributed by atoms with van der Waals surface area (Å²) in [6.07, 6.45) is 0. The van der Waals surface area contributed by atoms with Gasteiger partial charge in [0.2, 0.25) is 60.1 Å². The van der Waals surface area contributed by atoms with E-state index in [1.54, 1.807) is 0 Å². The summed E-state index contributed by atoms with van der Waals surface area (Å²) < 4.78 is 84.9. The Balaban J connectivity index is 6.44. The highest BCUT2D eigenvalue weighted by Gasteiger charge is 2.47. The van der Waals surface area contributed by atoms with E-state index in [-0.39, 0.29) is 0 Å². The van der Waals surface area contributed by atoms with Crippen LogP contribution in [0.3, 0.4) is 0 Å². The zero-order chi connectivity index (χ0) is 50.9. The summed E-state index contributed by atoms with van der Waals surface area (Å²) in [5, 5.41) is 0. The molecule has 0 atom stereocenters. The fourth-order valence-electron chi connectivity index (χ4n) is 6.85. The van der Waals surface area contributed by atoms with Crippen molar-refractivity contribution in [3.63, 3.8) is 0 Å². The van der Waals surface area contributed by atoms with Gasteiger partial charge < -0.3 is 0 Å². The highest BCUT2D eigenvalue weighted by Crippen LogP contribution is 2.83. The lowest BCUT2D eigenvalue weighted by molar-refractivity contribution is 0.529. The largest absolute Gasteiger partial charge is 0.246 e. The van der Waals surface area contributed by atoms with Crippen LogP contribution >= 0.6 is 60.1 Å². The van der Waals surface area contributed by atoms with Crippen molar-refractivity contribution < 1.29 is 0 Å². The minimum atomic E-state index is -3.15. The van der Waals surface area contributed by atoms with Crippen molar-refractivity contribution in [1.29, 1.82) is 0 Å². The summed E-state index contributed by atoms with van der Waals surface area (Å²) in [7, 11) is 41.5. The minimum Gasteiger partial charge on any atom is -0.246 e. The molecular weight excluding hydrogens is 968 g/mol. The number of nitrogens with zero attached hydrogens (tertiary/aromatic N) is 24. The molecule has 0 saturated heterocycles. The van der Waals surface area contributed by atoms with Crippen LogP contribution in [0.4, 0.5) is 0 Å². The summed E-state index contributed by atoms with van der Waals surface area (Å²) >= 11 is 0. The van der Waals surface area contributed by atoms with Crippen LogP contribution in [0.25, 0.3) is 0 Å². The van der Waals surface area contributed by atoms with Gasteiger partial charge in [-0.25, -0.2) is 74.7 Å². The summed E-state index contributed by atoms with van der Waals surface area (Å²) in [5.74, 6) is 0. The summed E-state index contributed by atoms with van der Waals surface area (Å²) in [6.45, 7) is 0. The van der Waals surface area contributed by atoms with Crippen LogP contribution in [0.15, 0.2) is 36.1 Å². The van der Waals surface area contributed by atoms with Crippen molar-refractivity contribution >= 4 is 60.1 Å². The molecule has 0 aromatic rings. The number of hydrogen-bond donors (Lipinski definition) is 0. The van der Waals surface area contributed by atoms with E-state index >= 15 is 0 Å². The molecule has 0 N–H and O–H groups in total. The van der Waals surface area contributed by atoms with Crippen molar-refractivity contribution in [1.82, 2.24) is 74.7 Å². The molecule has 0 aliphatic carbocycles. The topological polar surface area (TPSA) is 151 Å². The summed E-state index contributed by atoms with van der Waals surface area (Å²) in [5.41, 5.74) is 0. The maximum absolute atomic E-state index is 6.22. The minimum absolute atomic E-state index is 2.08. The average Bonchev–Trinajstić information content (AvgIpc) is 3.12. The molecule has 0 amide bonds. The highest BCUT2D eigenvalue weighted by molar-refractivity contribution is 7.84. The molecule has 0 aromatic carbocycles. The molecule has 24 nitrogen and oxygen atoms in total. The Morgan fingerprint density at radius 1 is 0.125 bits per heavy atom. The first-order valence-electron chi connectivity index (χ1n) is 20.7. The van der Waals surface area contributed by atoms with Crippen molar-refractivity contribution in [2.45, 2.75) is 0 Å². The second-order valence-electron chi connectivity index (χ2n) is 18.6. The monoisotopic (exact) mass is 1060 g/mol. The Bertz CT molecular complexity index is 1490. The third kappa shape index (κ3) is 11.6. The third-order valence-corrected chi connectivity index (χ3v) is 43.0. The first-order chi connectivity index (χ1) is 28.8. The van der Waals surface area contributed by atoms with Gasteiger partial charge in [0.1, 0.15) is 0 Å². The van der Waals surface area contributed by atoms with Gasteiger partial charge in [0.05, 0.1) is 0 Å². The molecule has 0 fully saturated rings. The fraction of sp³-hybridized carbons (Fsp3) is 1.00. The van der Waals surface area contributed by atoms with E-state index in [0.29, 0.717) is 0 Å². The van der Waals surface area contributed by atoms with Crippen LogP contribution in [-0.2, 0) is 0 Å². The molecule has 1 rings (SSSR count). The number of rotatable bonds is 16. The molecule has 384 valence electrons. The van der Waals surface area contributed by atoms with Crippen LogP contribution in [-0.4, -0.2) is 300 Å². The van der Waals surface area contributed by atoms with Crippen molar-refractivity contribution in [2.24, 2.45) is 36.1 Å². The van der Waals surface area contributed by atoms with Crippen molar-refractivity contribution in [3.05, 3.63) is 0 Å². The smallest absolute Gasteiger partial charge is 0.220 e. The Kier molecular flexibility index (Phi) is 22.9. The van der Waals surface area contributed by atoms with E-state index in [1.165, 1.54) is 0 Å². The van der Waals surface area contributed by atoms with Crippen LogP contribution in [0.1, 0.15) is 0 Å². The van der Waals surface area contributed by atoms with E-state index in [0.717, 1.165) is 0 Å². The van der Waals surface area contributed by atoms with Gasteiger partial charge >= 0.3 is 0 Å². The van der Waals surface area contributed by atoms with E-state index < -0.39 is 60.1 Å². The zero-order valence-electron chi connectivity index (χ0n) is 46.3. The van der Waals surface area contributed by atoms with Crippen molar-refractivity contribution in [3.8, 4) is 0 Å². The van der Waals surface area contributed by atoms with Gasteiger partial charge in [-0.05, 0) is 226 Å². The van der Waals surface area contributed by atoms with E-state index in [1.807, 2.05) is 0 Å². The van der Waals surface area contributed by atoms with Crippen LogP contribution in [0.5, 0.6) is 0 Å². The van der Waals surface area contributed by atoms with Gasteiger partial charge in [-0.15, -0.1) is 0 Å². The molecule has 32 heteroatoms. The highest BCUT2D eigenvalue weighted by atomic mass is 31.3. The maximum Gasteiger partial charge on any atom is 0.220 e. The van der Waals surface area contributed by atoms with Crippen molar-refractivity contribution in [2.75, 3.05) is 226 Å². The van der Waals surface area contributed by atoms with Gasteiger partial charge in [-0.2, -0.15) is 36.1 Å². The van der Waals surface area contributed by atoms with Gasteiger partial charge in [0, 0.05) is 0 Å². The van der Waals surface area contributed by atoms with Crippen LogP contribution < -0.4 is 0 Å². The predicted molar refractivity (Wildman–Crippen MR) is 294 cm³/mol. The molecule has 0 saturated carbocycles. The van der Waals surface area contributed by atoms with Gasteiger partial charge in [0.15, 0.2) is 0 Å². The van der Waals surface area contributed by atoms with Crippen LogP contribution in [0.2, 0.25) is 0 Å². The Morgan fingerprint density at radius 2 is 0.172 bits per heavy atom. The van der Waals surface area contributed by atoms with E-state index in [2.05, 4.69) is 300 Å².